The fraction of sp³-hybridized carbons (Fsp3) is 0.462. The summed E-state index contributed by atoms with van der Waals surface area (Å²) in [6, 6.07) is 3.88. The number of carboxylic acid groups (broad SMARTS) is 1. The molecule has 0 amide bonds. The van der Waals surface area contributed by atoms with E-state index >= 15 is 0 Å². The van der Waals surface area contributed by atoms with Crippen molar-refractivity contribution in [3.8, 4) is 0 Å². The second-order valence-electron chi connectivity index (χ2n) is 5.21. The summed E-state index contributed by atoms with van der Waals surface area (Å²) in [4.78, 5) is 17.3. The van der Waals surface area contributed by atoms with Gasteiger partial charge in [0.1, 0.15) is 5.82 Å². The van der Waals surface area contributed by atoms with Crippen LogP contribution in [-0.4, -0.2) is 50.8 Å². The lowest BCUT2D eigenvalue weighted by Gasteiger charge is -2.31. The second-order valence-corrected chi connectivity index (χ2v) is 5.21. The number of nitrogens with two attached hydrogens (primary N) is 1. The minimum absolute atomic E-state index is 0.0914. The van der Waals surface area contributed by atoms with E-state index in [1.807, 2.05) is 17.0 Å². The van der Waals surface area contributed by atoms with Gasteiger partial charge in [-0.1, -0.05) is 0 Å². The number of nitrogens with zero attached hydrogens (tertiary/aromatic N) is 3. The largest absolute Gasteiger partial charge is 0.480 e. The number of anilines is 1. The van der Waals surface area contributed by atoms with Crippen LogP contribution in [0.4, 0.5) is 5.82 Å². The molecule has 2 aromatic heterocycles. The van der Waals surface area contributed by atoms with E-state index in [2.05, 4.69) is 15.2 Å². The Morgan fingerprint density at radius 1 is 1.55 bits per heavy atom. The van der Waals surface area contributed by atoms with Crippen LogP contribution in [0.1, 0.15) is 24.5 Å². The number of nitrogens with one attached hydrogen (secondary N) is 1. The summed E-state index contributed by atoms with van der Waals surface area (Å²) >= 11 is 0. The average Bonchev–Trinajstić information content (AvgIpc) is 2.79. The molecular formula is C13H17N5O2. The van der Waals surface area contributed by atoms with Gasteiger partial charge < -0.3 is 10.8 Å². The number of hydrogen-bond donors (Lipinski definition) is 3. The number of carbonyl (C=O) groups is 1. The number of rotatable bonds is 3. The molecule has 7 nitrogen and oxygen atoms in total. The SMILES string of the molecule is Nc1[nH]nc2nc([C@@H]3CCCN(CC(=O)O)C3)ccc12. The molecule has 1 saturated heterocycles. The molecule has 0 radical (unpaired) electrons. The average molecular weight is 275 g/mol. The number of aromatic nitrogens is 3. The third-order valence-corrected chi connectivity index (χ3v) is 3.75. The minimum atomic E-state index is -0.783. The molecule has 7 heteroatoms. The minimum Gasteiger partial charge on any atom is -0.480 e. The molecule has 1 aliphatic heterocycles. The zero-order chi connectivity index (χ0) is 14.1. The van der Waals surface area contributed by atoms with Crippen LogP contribution < -0.4 is 5.73 Å². The molecule has 1 atom stereocenters. The number of carboxylic acids is 1. The second kappa shape index (κ2) is 5.09. The highest BCUT2D eigenvalue weighted by atomic mass is 16.4. The fourth-order valence-corrected chi connectivity index (χ4v) is 2.79. The lowest BCUT2D eigenvalue weighted by molar-refractivity contribution is -0.138. The molecule has 4 N–H and O–H groups in total. The monoisotopic (exact) mass is 275 g/mol. The van der Waals surface area contributed by atoms with Crippen molar-refractivity contribution in [1.82, 2.24) is 20.1 Å². The van der Waals surface area contributed by atoms with E-state index < -0.39 is 5.97 Å². The topological polar surface area (TPSA) is 108 Å². The first kappa shape index (κ1) is 12.9. The number of nitrogen functional groups attached to an aromatic ring is 1. The first-order valence-corrected chi connectivity index (χ1v) is 6.68. The number of hydrogen-bond acceptors (Lipinski definition) is 5. The van der Waals surface area contributed by atoms with Crippen molar-refractivity contribution in [2.24, 2.45) is 0 Å². The molecule has 3 rings (SSSR count). The van der Waals surface area contributed by atoms with Crippen LogP contribution in [0, 0.1) is 0 Å². The van der Waals surface area contributed by atoms with Gasteiger partial charge in [-0.25, -0.2) is 4.98 Å². The molecule has 20 heavy (non-hydrogen) atoms. The van der Waals surface area contributed by atoms with Gasteiger partial charge in [0.15, 0.2) is 5.65 Å². The van der Waals surface area contributed by atoms with E-state index in [4.69, 9.17) is 10.8 Å². The summed E-state index contributed by atoms with van der Waals surface area (Å²) in [5.41, 5.74) is 7.33. The highest BCUT2D eigenvalue weighted by molar-refractivity contribution is 5.85. The molecule has 1 aliphatic rings. The maximum atomic E-state index is 10.8. The number of aromatic amines is 1. The zero-order valence-electron chi connectivity index (χ0n) is 11.0. The van der Waals surface area contributed by atoms with Crippen molar-refractivity contribution in [1.29, 1.82) is 0 Å². The van der Waals surface area contributed by atoms with Crippen LogP contribution in [0.3, 0.4) is 0 Å². The first-order valence-electron chi connectivity index (χ1n) is 6.68. The van der Waals surface area contributed by atoms with Crippen LogP contribution in [0.25, 0.3) is 11.0 Å². The Morgan fingerprint density at radius 2 is 2.40 bits per heavy atom. The van der Waals surface area contributed by atoms with Gasteiger partial charge in [-0.05, 0) is 31.5 Å². The third kappa shape index (κ3) is 2.44. The van der Waals surface area contributed by atoms with Gasteiger partial charge in [0.25, 0.3) is 0 Å². The summed E-state index contributed by atoms with van der Waals surface area (Å²) in [6.07, 6.45) is 2.01. The Kier molecular flexibility index (Phi) is 3.27. The van der Waals surface area contributed by atoms with Crippen LogP contribution in [0.2, 0.25) is 0 Å². The summed E-state index contributed by atoms with van der Waals surface area (Å²) in [5, 5.41) is 16.5. The van der Waals surface area contributed by atoms with Crippen molar-refractivity contribution in [2.45, 2.75) is 18.8 Å². The van der Waals surface area contributed by atoms with Gasteiger partial charge in [0.2, 0.25) is 0 Å². The number of fused-ring (bicyclic) bond motifs is 1. The molecular weight excluding hydrogens is 258 g/mol. The number of likely N-dealkylation sites (tertiary alicyclic amines) is 1. The van der Waals surface area contributed by atoms with E-state index in [1.165, 1.54) is 0 Å². The van der Waals surface area contributed by atoms with Gasteiger partial charge in [0.05, 0.1) is 11.9 Å². The van der Waals surface area contributed by atoms with E-state index in [-0.39, 0.29) is 12.5 Å². The van der Waals surface area contributed by atoms with Crippen molar-refractivity contribution in [2.75, 3.05) is 25.4 Å². The van der Waals surface area contributed by atoms with Gasteiger partial charge in [-0.15, -0.1) is 0 Å². The summed E-state index contributed by atoms with van der Waals surface area (Å²) < 4.78 is 0. The molecule has 0 aromatic carbocycles. The molecule has 106 valence electrons. The quantitative estimate of drug-likeness (QED) is 0.764. The van der Waals surface area contributed by atoms with E-state index in [1.54, 1.807) is 0 Å². The molecule has 0 unspecified atom stereocenters. The summed E-state index contributed by atoms with van der Waals surface area (Å²) in [7, 11) is 0. The van der Waals surface area contributed by atoms with Crippen molar-refractivity contribution >= 4 is 22.8 Å². The molecule has 2 aromatic rings. The van der Waals surface area contributed by atoms with Crippen LogP contribution in [-0.2, 0) is 4.79 Å². The van der Waals surface area contributed by atoms with E-state index in [0.29, 0.717) is 11.5 Å². The molecule has 0 aliphatic carbocycles. The Bertz CT molecular complexity index is 639. The fourth-order valence-electron chi connectivity index (χ4n) is 2.79. The Labute approximate surface area is 115 Å². The normalized spacial score (nSPS) is 20.3. The summed E-state index contributed by atoms with van der Waals surface area (Å²) in [6.45, 7) is 1.65. The van der Waals surface area contributed by atoms with Gasteiger partial charge in [0, 0.05) is 18.2 Å². The predicted octanol–water partition coefficient (Wildman–Crippen LogP) is 0.804. The maximum Gasteiger partial charge on any atom is 0.317 e. The summed E-state index contributed by atoms with van der Waals surface area (Å²) in [5.74, 6) is -0.00485. The lowest BCUT2D eigenvalue weighted by atomic mass is 9.94. The van der Waals surface area contributed by atoms with Gasteiger partial charge >= 0.3 is 5.97 Å². The lowest BCUT2D eigenvalue weighted by Crippen LogP contribution is -2.38. The number of aliphatic carboxylic acids is 1. The zero-order valence-corrected chi connectivity index (χ0v) is 11.0. The van der Waals surface area contributed by atoms with Crippen LogP contribution in [0.15, 0.2) is 12.1 Å². The third-order valence-electron chi connectivity index (χ3n) is 3.75. The molecule has 0 saturated carbocycles. The highest BCUT2D eigenvalue weighted by Gasteiger charge is 2.24. The van der Waals surface area contributed by atoms with Crippen molar-refractivity contribution in [3.63, 3.8) is 0 Å². The maximum absolute atomic E-state index is 10.8. The molecule has 1 fully saturated rings. The van der Waals surface area contributed by atoms with E-state index in [9.17, 15) is 4.79 Å². The van der Waals surface area contributed by atoms with Gasteiger partial charge in [-0.2, -0.15) is 5.10 Å². The van der Waals surface area contributed by atoms with Crippen molar-refractivity contribution < 1.29 is 9.90 Å². The Hall–Kier alpha value is -2.15. The number of H-pyrrole nitrogens is 1. The molecule has 0 spiro atoms. The first-order chi connectivity index (χ1) is 9.63. The predicted molar refractivity (Wildman–Crippen MR) is 74.4 cm³/mol. The van der Waals surface area contributed by atoms with Crippen LogP contribution >= 0.6 is 0 Å². The number of piperidine rings is 1. The smallest absolute Gasteiger partial charge is 0.317 e. The number of pyridine rings is 1. The standard InChI is InChI=1S/C13H17N5O2/c14-12-9-3-4-10(15-13(9)17-16-12)8-2-1-5-18(6-8)7-11(19)20/h3-4,8H,1-2,5-7H2,(H,19,20)(H3,14,15,16,17)/t8-/m1/s1. The Morgan fingerprint density at radius 3 is 3.20 bits per heavy atom. The molecule has 0 bridgehead atoms. The van der Waals surface area contributed by atoms with Crippen molar-refractivity contribution in [3.05, 3.63) is 17.8 Å². The Balaban J connectivity index is 1.81. The van der Waals surface area contributed by atoms with Crippen LogP contribution in [0.5, 0.6) is 0 Å². The highest BCUT2D eigenvalue weighted by Crippen LogP contribution is 2.27. The molecule has 3 heterocycles. The van der Waals surface area contributed by atoms with Gasteiger partial charge in [-0.3, -0.25) is 14.8 Å². The van der Waals surface area contributed by atoms with E-state index in [0.717, 1.165) is 37.0 Å².